The Morgan fingerprint density at radius 3 is 1.58 bits per heavy atom. The molecule has 0 fully saturated rings. The lowest BCUT2D eigenvalue weighted by atomic mass is 10.0. The van der Waals surface area contributed by atoms with Crippen LogP contribution in [0.5, 0.6) is 11.5 Å². The summed E-state index contributed by atoms with van der Waals surface area (Å²) in [5, 5.41) is 58.7. The number of rotatable bonds is 14. The van der Waals surface area contributed by atoms with E-state index >= 15 is 0 Å². The number of aromatic hydroxyl groups is 2. The van der Waals surface area contributed by atoms with E-state index in [1.54, 1.807) is 0 Å². The van der Waals surface area contributed by atoms with E-state index in [-0.39, 0.29) is 5.56 Å². The molecular formula is C22H24N2O13S. The minimum atomic E-state index is -4.85. The standard InChI is InChI=1S/C22H24N2O13S/c25-15-4-2-1-3-13(15)19(21(31)32)23(10-17(27)28)7-8-24(11-18(29)30)20(22(33)34)14-9-12(38(35,36)37)5-6-16(14)26/h1-6,9,19-20,25-26H,7-8,10-11H2,(H,27,28)(H,29,30)(H,31,32)(H,33,34)(H,35,36,37)/t19?,20-/m0/s1. The van der Waals surface area contributed by atoms with Crippen molar-refractivity contribution in [3.63, 3.8) is 0 Å². The van der Waals surface area contributed by atoms with Crippen LogP contribution in [0.3, 0.4) is 0 Å². The monoisotopic (exact) mass is 556 g/mol. The molecule has 0 aliphatic rings. The molecule has 2 atom stereocenters. The van der Waals surface area contributed by atoms with E-state index in [1.165, 1.54) is 24.3 Å². The van der Waals surface area contributed by atoms with E-state index < -0.39 is 94.2 Å². The molecule has 206 valence electrons. The van der Waals surface area contributed by atoms with Crippen molar-refractivity contribution in [2.75, 3.05) is 26.2 Å². The van der Waals surface area contributed by atoms with Gasteiger partial charge in [0.2, 0.25) is 0 Å². The second kappa shape index (κ2) is 12.3. The van der Waals surface area contributed by atoms with Gasteiger partial charge in [0, 0.05) is 24.2 Å². The van der Waals surface area contributed by atoms with Crippen LogP contribution in [-0.4, -0.2) is 103 Å². The van der Waals surface area contributed by atoms with Gasteiger partial charge in [0.25, 0.3) is 10.1 Å². The maximum absolute atomic E-state index is 12.2. The van der Waals surface area contributed by atoms with E-state index in [1.807, 2.05) is 0 Å². The van der Waals surface area contributed by atoms with E-state index in [0.29, 0.717) is 6.07 Å². The number of carboxylic acid groups (broad SMARTS) is 4. The number of nitrogens with zero attached hydrogens (tertiary/aromatic N) is 2. The molecule has 15 nitrogen and oxygen atoms in total. The Morgan fingerprint density at radius 1 is 0.711 bits per heavy atom. The fraction of sp³-hybridized carbons (Fsp3) is 0.273. The van der Waals surface area contributed by atoms with Gasteiger partial charge >= 0.3 is 23.9 Å². The lowest BCUT2D eigenvalue weighted by molar-refractivity contribution is -0.150. The van der Waals surface area contributed by atoms with E-state index in [2.05, 4.69) is 0 Å². The first kappa shape index (κ1) is 30.0. The number of benzene rings is 2. The third kappa shape index (κ3) is 7.62. The second-order valence-corrected chi connectivity index (χ2v) is 9.39. The van der Waals surface area contributed by atoms with Crippen molar-refractivity contribution in [1.82, 2.24) is 9.80 Å². The topological polar surface area (TPSA) is 251 Å². The molecule has 2 aromatic carbocycles. The molecule has 0 saturated heterocycles. The molecule has 2 aromatic rings. The molecule has 38 heavy (non-hydrogen) atoms. The highest BCUT2D eigenvalue weighted by molar-refractivity contribution is 7.85. The Labute approximate surface area is 215 Å². The Kier molecular flexibility index (Phi) is 9.72. The summed E-state index contributed by atoms with van der Waals surface area (Å²) in [5.74, 6) is -7.56. The number of para-hydroxylation sites is 1. The molecule has 0 aliphatic heterocycles. The Balaban J connectivity index is 2.55. The highest BCUT2D eigenvalue weighted by Gasteiger charge is 2.35. The summed E-state index contributed by atoms with van der Waals surface area (Å²) < 4.78 is 32.4. The number of aliphatic carboxylic acids is 4. The number of phenolic OH excluding ortho intramolecular Hbond substituents is 2. The quantitative estimate of drug-likeness (QED) is 0.152. The third-order valence-corrected chi connectivity index (χ3v) is 6.22. The van der Waals surface area contributed by atoms with E-state index in [9.17, 15) is 62.8 Å². The number of hydrogen-bond donors (Lipinski definition) is 7. The average Bonchev–Trinajstić information content (AvgIpc) is 2.78. The number of carboxylic acids is 4. The Morgan fingerprint density at radius 2 is 1.16 bits per heavy atom. The van der Waals surface area contributed by atoms with Crippen molar-refractivity contribution in [2.24, 2.45) is 0 Å². The van der Waals surface area contributed by atoms with Crippen molar-refractivity contribution in [2.45, 2.75) is 17.0 Å². The molecule has 0 saturated carbocycles. The summed E-state index contributed by atoms with van der Waals surface area (Å²) >= 11 is 0. The first-order valence-electron chi connectivity index (χ1n) is 10.6. The molecule has 16 heteroatoms. The molecule has 2 rings (SSSR count). The van der Waals surface area contributed by atoms with Gasteiger partial charge in [-0.1, -0.05) is 18.2 Å². The summed E-state index contributed by atoms with van der Waals surface area (Å²) in [6.07, 6.45) is 0. The molecule has 0 bridgehead atoms. The van der Waals surface area contributed by atoms with Crippen molar-refractivity contribution >= 4 is 34.0 Å². The highest BCUT2D eigenvalue weighted by atomic mass is 32.2. The summed E-state index contributed by atoms with van der Waals surface area (Å²) in [5.41, 5.74) is -0.784. The maximum atomic E-state index is 12.2. The smallest absolute Gasteiger partial charge is 0.325 e. The fourth-order valence-electron chi connectivity index (χ4n) is 3.81. The van der Waals surface area contributed by atoms with E-state index in [0.717, 1.165) is 21.9 Å². The lowest BCUT2D eigenvalue weighted by Gasteiger charge is -2.33. The first-order valence-corrected chi connectivity index (χ1v) is 12.0. The van der Waals surface area contributed by atoms with Crippen LogP contribution in [0.4, 0.5) is 0 Å². The zero-order valence-electron chi connectivity index (χ0n) is 19.4. The average molecular weight is 557 g/mol. The summed E-state index contributed by atoms with van der Waals surface area (Å²) in [6.45, 7) is -3.09. The zero-order valence-corrected chi connectivity index (χ0v) is 20.2. The van der Waals surface area contributed by atoms with Crippen LogP contribution in [-0.2, 0) is 29.3 Å². The third-order valence-electron chi connectivity index (χ3n) is 5.37. The summed E-state index contributed by atoms with van der Waals surface area (Å²) in [6, 6.07) is 3.64. The van der Waals surface area contributed by atoms with Crippen molar-refractivity contribution in [3.8, 4) is 11.5 Å². The van der Waals surface area contributed by atoms with Crippen molar-refractivity contribution in [1.29, 1.82) is 0 Å². The van der Waals surface area contributed by atoms with Crippen LogP contribution in [0.25, 0.3) is 0 Å². The van der Waals surface area contributed by atoms with Gasteiger partial charge in [-0.05, 0) is 24.3 Å². The van der Waals surface area contributed by atoms with Crippen molar-refractivity contribution in [3.05, 3.63) is 53.6 Å². The molecular weight excluding hydrogens is 532 g/mol. The molecule has 0 aromatic heterocycles. The zero-order chi connectivity index (χ0) is 28.8. The second-order valence-electron chi connectivity index (χ2n) is 7.96. The van der Waals surface area contributed by atoms with Crippen LogP contribution in [0, 0.1) is 0 Å². The van der Waals surface area contributed by atoms with Gasteiger partial charge in [-0.3, -0.25) is 33.5 Å². The van der Waals surface area contributed by atoms with Crippen LogP contribution >= 0.6 is 0 Å². The van der Waals surface area contributed by atoms with Crippen molar-refractivity contribution < 1.29 is 62.8 Å². The Hall–Kier alpha value is -4.25. The molecule has 0 amide bonds. The minimum absolute atomic E-state index is 0.181. The van der Waals surface area contributed by atoms with Gasteiger partial charge < -0.3 is 30.6 Å². The van der Waals surface area contributed by atoms with Gasteiger partial charge in [-0.2, -0.15) is 8.42 Å². The van der Waals surface area contributed by atoms with Crippen LogP contribution in [0.1, 0.15) is 23.2 Å². The number of hydrogen-bond acceptors (Lipinski definition) is 10. The SMILES string of the molecule is O=C(O)CN(CCN(CC(=O)O)[C@H](C(=O)O)c1cc(S(=O)(=O)O)ccc1O)C(C(=O)O)c1ccccc1O. The molecule has 0 radical (unpaired) electrons. The number of phenols is 2. The maximum Gasteiger partial charge on any atom is 0.325 e. The molecule has 0 aliphatic carbocycles. The van der Waals surface area contributed by atoms with Gasteiger partial charge in [0.15, 0.2) is 0 Å². The highest BCUT2D eigenvalue weighted by Crippen LogP contribution is 2.32. The largest absolute Gasteiger partial charge is 0.508 e. The lowest BCUT2D eigenvalue weighted by Crippen LogP contribution is -2.46. The molecule has 0 heterocycles. The van der Waals surface area contributed by atoms with E-state index in [4.69, 9.17) is 0 Å². The molecule has 0 spiro atoms. The molecule has 7 N–H and O–H groups in total. The normalized spacial score (nSPS) is 13.2. The fourth-order valence-corrected chi connectivity index (χ4v) is 4.32. The van der Waals surface area contributed by atoms with Gasteiger partial charge in [0.05, 0.1) is 18.0 Å². The summed E-state index contributed by atoms with van der Waals surface area (Å²) in [4.78, 5) is 48.1. The van der Waals surface area contributed by atoms with Gasteiger partial charge in [0.1, 0.15) is 23.6 Å². The van der Waals surface area contributed by atoms with Crippen LogP contribution in [0.15, 0.2) is 47.4 Å². The van der Waals surface area contributed by atoms with Gasteiger partial charge in [-0.15, -0.1) is 0 Å². The van der Waals surface area contributed by atoms with Crippen LogP contribution in [0.2, 0.25) is 0 Å². The van der Waals surface area contributed by atoms with Gasteiger partial charge in [-0.25, -0.2) is 0 Å². The summed E-state index contributed by atoms with van der Waals surface area (Å²) in [7, 11) is -4.85. The molecule has 1 unspecified atom stereocenters. The Bertz CT molecular complexity index is 1330. The minimum Gasteiger partial charge on any atom is -0.508 e. The van der Waals surface area contributed by atoms with Crippen LogP contribution < -0.4 is 0 Å². The first-order chi connectivity index (χ1) is 17.6. The predicted octanol–water partition coefficient (Wildman–Crippen LogP) is 0.0693. The number of carbonyl (C=O) groups is 4. The predicted molar refractivity (Wildman–Crippen MR) is 125 cm³/mol.